The fourth-order valence-electron chi connectivity index (χ4n) is 0.703. The first-order chi connectivity index (χ1) is 4.74. The summed E-state index contributed by atoms with van der Waals surface area (Å²) in [5.41, 5.74) is 0.201. The van der Waals surface area contributed by atoms with Gasteiger partial charge in [-0.1, -0.05) is 6.92 Å². The van der Waals surface area contributed by atoms with E-state index >= 15 is 0 Å². The number of H-pyrrole nitrogens is 1. The van der Waals surface area contributed by atoms with E-state index in [1.54, 1.807) is 0 Å². The van der Waals surface area contributed by atoms with Gasteiger partial charge in [0, 0.05) is 6.42 Å². The first-order valence-electron chi connectivity index (χ1n) is 3.05. The van der Waals surface area contributed by atoms with Gasteiger partial charge in [0.1, 0.15) is 0 Å². The standard InChI is InChI=1S/C6H8N2O2/c1-2-5-3-7-6(9)4-8(5)10/h3-4H,2H2,1H3,(H,7,9). The molecule has 0 spiro atoms. The zero-order chi connectivity index (χ0) is 7.56. The van der Waals surface area contributed by atoms with Gasteiger partial charge in [0.25, 0.3) is 0 Å². The van der Waals surface area contributed by atoms with E-state index in [1.807, 2.05) is 6.92 Å². The van der Waals surface area contributed by atoms with Gasteiger partial charge in [-0.3, -0.25) is 4.79 Å². The topological polar surface area (TPSA) is 59.8 Å². The highest BCUT2D eigenvalue weighted by atomic mass is 16.5. The molecule has 0 unspecified atom stereocenters. The number of aryl methyl sites for hydroxylation is 1. The molecule has 0 saturated heterocycles. The molecule has 4 heteroatoms. The second-order valence-corrected chi connectivity index (χ2v) is 1.95. The van der Waals surface area contributed by atoms with Crippen molar-refractivity contribution in [2.75, 3.05) is 0 Å². The maximum Gasteiger partial charge on any atom is 0.313 e. The van der Waals surface area contributed by atoms with Crippen LogP contribution in [0.1, 0.15) is 12.6 Å². The molecule has 0 amide bonds. The smallest absolute Gasteiger partial charge is 0.313 e. The number of hydrogen-bond acceptors (Lipinski definition) is 2. The highest BCUT2D eigenvalue weighted by molar-refractivity contribution is 4.85. The van der Waals surface area contributed by atoms with Crippen molar-refractivity contribution in [3.63, 3.8) is 0 Å². The van der Waals surface area contributed by atoms with Crippen LogP contribution in [0.25, 0.3) is 0 Å². The first-order valence-corrected chi connectivity index (χ1v) is 3.05. The molecule has 0 aliphatic rings. The van der Waals surface area contributed by atoms with Crippen molar-refractivity contribution in [3.05, 3.63) is 33.6 Å². The lowest BCUT2D eigenvalue weighted by molar-refractivity contribution is -0.615. The van der Waals surface area contributed by atoms with Crippen LogP contribution in [0.3, 0.4) is 0 Å². The Morgan fingerprint density at radius 2 is 2.50 bits per heavy atom. The van der Waals surface area contributed by atoms with Crippen LogP contribution in [0.15, 0.2) is 17.2 Å². The first kappa shape index (κ1) is 6.80. The molecule has 0 bridgehead atoms. The van der Waals surface area contributed by atoms with Gasteiger partial charge in [0.05, 0.1) is 6.20 Å². The van der Waals surface area contributed by atoms with Crippen molar-refractivity contribution < 1.29 is 4.73 Å². The van der Waals surface area contributed by atoms with E-state index in [0.29, 0.717) is 16.8 Å². The summed E-state index contributed by atoms with van der Waals surface area (Å²) >= 11 is 0. The molecule has 0 aromatic carbocycles. The molecule has 1 aromatic rings. The van der Waals surface area contributed by atoms with Crippen molar-refractivity contribution in [3.8, 4) is 0 Å². The van der Waals surface area contributed by atoms with Crippen LogP contribution in [-0.4, -0.2) is 4.98 Å². The summed E-state index contributed by atoms with van der Waals surface area (Å²) in [6, 6.07) is 0. The number of aromatic amines is 1. The molecule has 4 nitrogen and oxygen atoms in total. The highest BCUT2D eigenvalue weighted by Crippen LogP contribution is 1.83. The summed E-state index contributed by atoms with van der Waals surface area (Å²) in [5, 5.41) is 10.8. The average Bonchev–Trinajstić information content (AvgIpc) is 1.88. The van der Waals surface area contributed by atoms with Crippen LogP contribution >= 0.6 is 0 Å². The quantitative estimate of drug-likeness (QED) is 0.425. The third-order valence-corrected chi connectivity index (χ3v) is 1.26. The fraction of sp³-hybridized carbons (Fsp3) is 0.333. The second-order valence-electron chi connectivity index (χ2n) is 1.95. The van der Waals surface area contributed by atoms with Crippen LogP contribution in [-0.2, 0) is 6.42 Å². The molecule has 10 heavy (non-hydrogen) atoms. The molecule has 1 heterocycles. The molecule has 1 aromatic heterocycles. The zero-order valence-corrected chi connectivity index (χ0v) is 5.63. The minimum absolute atomic E-state index is 0.368. The third-order valence-electron chi connectivity index (χ3n) is 1.26. The third kappa shape index (κ3) is 1.15. The molecule has 0 atom stereocenters. The summed E-state index contributed by atoms with van der Waals surface area (Å²) in [6.45, 7) is 1.85. The molecule has 0 aliphatic carbocycles. The largest absolute Gasteiger partial charge is 0.618 e. The fourth-order valence-corrected chi connectivity index (χ4v) is 0.703. The van der Waals surface area contributed by atoms with E-state index in [9.17, 15) is 10.0 Å². The van der Waals surface area contributed by atoms with Crippen molar-refractivity contribution in [2.45, 2.75) is 13.3 Å². The van der Waals surface area contributed by atoms with Crippen molar-refractivity contribution in [1.82, 2.24) is 4.98 Å². The molecule has 54 valence electrons. The Morgan fingerprint density at radius 3 is 3.00 bits per heavy atom. The average molecular weight is 140 g/mol. The number of nitrogens with one attached hydrogen (secondary N) is 1. The van der Waals surface area contributed by atoms with Gasteiger partial charge in [0.15, 0.2) is 0 Å². The monoisotopic (exact) mass is 140 g/mol. The van der Waals surface area contributed by atoms with Gasteiger partial charge in [-0.15, -0.1) is 0 Å². The Bertz CT molecular complexity index is 279. The summed E-state index contributed by atoms with van der Waals surface area (Å²) in [6.07, 6.45) is 3.04. The second kappa shape index (κ2) is 2.51. The minimum atomic E-state index is -0.368. The molecule has 0 aliphatic heterocycles. The van der Waals surface area contributed by atoms with Gasteiger partial charge in [-0.25, -0.2) is 0 Å². The summed E-state index contributed by atoms with van der Waals surface area (Å²) < 4.78 is 0.582. The summed E-state index contributed by atoms with van der Waals surface area (Å²) in [7, 11) is 0. The Kier molecular flexibility index (Phi) is 1.71. The Balaban J connectivity index is 3.19. The van der Waals surface area contributed by atoms with Crippen LogP contribution in [0.4, 0.5) is 0 Å². The van der Waals surface area contributed by atoms with Gasteiger partial charge in [-0.05, 0) is 0 Å². The van der Waals surface area contributed by atoms with E-state index in [2.05, 4.69) is 4.98 Å². The van der Waals surface area contributed by atoms with Crippen LogP contribution in [0, 0.1) is 5.21 Å². The van der Waals surface area contributed by atoms with Crippen LogP contribution < -0.4 is 10.3 Å². The highest BCUT2D eigenvalue weighted by Gasteiger charge is 2.00. The maximum absolute atomic E-state index is 10.8. The Hall–Kier alpha value is -1.32. The van der Waals surface area contributed by atoms with Crippen LogP contribution in [0.2, 0.25) is 0 Å². The molecule has 0 fully saturated rings. The van der Waals surface area contributed by atoms with Gasteiger partial charge >= 0.3 is 5.56 Å². The van der Waals surface area contributed by atoms with E-state index in [0.717, 1.165) is 6.20 Å². The number of nitrogens with zero attached hydrogens (tertiary/aromatic N) is 1. The van der Waals surface area contributed by atoms with E-state index < -0.39 is 0 Å². The normalized spacial score (nSPS) is 9.70. The zero-order valence-electron chi connectivity index (χ0n) is 5.63. The maximum atomic E-state index is 10.8. The molecular formula is C6H8N2O2. The van der Waals surface area contributed by atoms with Crippen molar-refractivity contribution in [2.24, 2.45) is 0 Å². The predicted molar refractivity (Wildman–Crippen MR) is 35.4 cm³/mol. The Labute approximate surface area is 57.7 Å². The number of aromatic nitrogens is 2. The van der Waals surface area contributed by atoms with E-state index in [-0.39, 0.29) is 5.56 Å². The number of rotatable bonds is 1. The minimum Gasteiger partial charge on any atom is -0.618 e. The van der Waals surface area contributed by atoms with Crippen molar-refractivity contribution >= 4 is 0 Å². The van der Waals surface area contributed by atoms with Gasteiger partial charge in [0.2, 0.25) is 11.9 Å². The lowest BCUT2D eigenvalue weighted by Crippen LogP contribution is -2.36. The lowest BCUT2D eigenvalue weighted by Gasteiger charge is -1.98. The SMILES string of the molecule is CCc1c[nH]c(=O)c[n+]1[O-]. The molecule has 0 saturated carbocycles. The Morgan fingerprint density at radius 1 is 1.80 bits per heavy atom. The van der Waals surface area contributed by atoms with Crippen molar-refractivity contribution in [1.29, 1.82) is 0 Å². The molecule has 1 rings (SSSR count). The predicted octanol–water partition coefficient (Wildman–Crippen LogP) is -0.429. The molecular weight excluding hydrogens is 132 g/mol. The summed E-state index contributed by atoms with van der Waals surface area (Å²) in [5.74, 6) is 0. The summed E-state index contributed by atoms with van der Waals surface area (Å²) in [4.78, 5) is 12.9. The number of hydrogen-bond donors (Lipinski definition) is 1. The van der Waals surface area contributed by atoms with E-state index in [4.69, 9.17) is 0 Å². The molecule has 0 radical (unpaired) electrons. The van der Waals surface area contributed by atoms with Gasteiger partial charge < -0.3 is 10.2 Å². The lowest BCUT2D eigenvalue weighted by atomic mass is 10.4. The molecule has 1 N–H and O–H groups in total. The van der Waals surface area contributed by atoms with Crippen LogP contribution in [0.5, 0.6) is 0 Å². The van der Waals surface area contributed by atoms with Gasteiger partial charge in [-0.2, -0.15) is 4.73 Å². The van der Waals surface area contributed by atoms with E-state index in [1.165, 1.54) is 6.20 Å².